The standard InChI is InChI=1S/C22H16FN5OS/c1-27-20(12-18(26-27)14-6-8-15(23)9-7-14)21(29)24-17-5-3-2-4-16(17)19-13-28-10-11-30-22(28)25-19/h2-13H,1H3,(H,24,29). The van der Waals surface area contributed by atoms with Crippen molar-refractivity contribution < 1.29 is 9.18 Å². The van der Waals surface area contributed by atoms with E-state index in [9.17, 15) is 9.18 Å². The van der Waals surface area contributed by atoms with E-state index in [4.69, 9.17) is 0 Å². The first-order valence-electron chi connectivity index (χ1n) is 9.21. The van der Waals surface area contributed by atoms with Gasteiger partial charge in [0.1, 0.15) is 11.5 Å². The second-order valence-corrected chi connectivity index (χ2v) is 7.64. The number of nitrogens with zero attached hydrogens (tertiary/aromatic N) is 4. The zero-order chi connectivity index (χ0) is 20.7. The molecule has 0 radical (unpaired) electrons. The van der Waals surface area contributed by atoms with Gasteiger partial charge in [0, 0.05) is 35.9 Å². The SMILES string of the molecule is Cn1nc(-c2ccc(F)cc2)cc1C(=O)Nc1ccccc1-c1cn2ccsc2n1. The van der Waals surface area contributed by atoms with Crippen molar-refractivity contribution in [3.05, 3.63) is 83.9 Å². The number of carbonyl (C=O) groups excluding carboxylic acids is 1. The highest BCUT2D eigenvalue weighted by atomic mass is 32.1. The summed E-state index contributed by atoms with van der Waals surface area (Å²) < 4.78 is 16.7. The molecule has 0 spiro atoms. The summed E-state index contributed by atoms with van der Waals surface area (Å²) in [7, 11) is 1.71. The molecule has 30 heavy (non-hydrogen) atoms. The average Bonchev–Trinajstić information content (AvgIpc) is 3.44. The minimum Gasteiger partial charge on any atom is -0.320 e. The number of amides is 1. The number of nitrogens with one attached hydrogen (secondary N) is 1. The van der Waals surface area contributed by atoms with Crippen LogP contribution in [0, 0.1) is 5.82 Å². The van der Waals surface area contributed by atoms with Crippen molar-refractivity contribution in [3.8, 4) is 22.5 Å². The van der Waals surface area contributed by atoms with Crippen molar-refractivity contribution in [2.75, 3.05) is 5.32 Å². The lowest BCUT2D eigenvalue weighted by atomic mass is 10.1. The number of aromatic nitrogens is 4. The number of thiazole rings is 1. The molecule has 5 rings (SSSR count). The molecule has 0 fully saturated rings. The van der Waals surface area contributed by atoms with Gasteiger partial charge in [-0.1, -0.05) is 18.2 Å². The topological polar surface area (TPSA) is 64.2 Å². The zero-order valence-electron chi connectivity index (χ0n) is 15.9. The number of imidazole rings is 1. The average molecular weight is 417 g/mol. The summed E-state index contributed by atoms with van der Waals surface area (Å²) in [5.41, 5.74) is 4.03. The van der Waals surface area contributed by atoms with E-state index in [0.29, 0.717) is 17.1 Å². The molecular weight excluding hydrogens is 401 g/mol. The monoisotopic (exact) mass is 417 g/mol. The number of rotatable bonds is 4. The van der Waals surface area contributed by atoms with Crippen molar-refractivity contribution in [3.63, 3.8) is 0 Å². The highest BCUT2D eigenvalue weighted by Gasteiger charge is 2.17. The number of fused-ring (bicyclic) bond motifs is 1. The number of benzene rings is 2. The van der Waals surface area contributed by atoms with E-state index in [0.717, 1.165) is 21.8 Å². The van der Waals surface area contributed by atoms with E-state index in [1.807, 2.05) is 46.4 Å². The molecule has 0 unspecified atom stereocenters. The van der Waals surface area contributed by atoms with Gasteiger partial charge >= 0.3 is 0 Å². The van der Waals surface area contributed by atoms with Gasteiger partial charge < -0.3 is 5.32 Å². The molecule has 3 heterocycles. The molecule has 0 atom stereocenters. The number of halogens is 1. The Balaban J connectivity index is 1.45. The molecule has 0 aliphatic carbocycles. The van der Waals surface area contributed by atoms with E-state index >= 15 is 0 Å². The predicted octanol–water partition coefficient (Wildman–Crippen LogP) is 4.85. The van der Waals surface area contributed by atoms with Gasteiger partial charge in [0.15, 0.2) is 4.96 Å². The Kier molecular flexibility index (Phi) is 4.40. The Hall–Kier alpha value is -3.78. The van der Waals surface area contributed by atoms with Gasteiger partial charge in [-0.2, -0.15) is 5.10 Å². The van der Waals surface area contributed by atoms with Gasteiger partial charge in [-0.15, -0.1) is 11.3 Å². The highest BCUT2D eigenvalue weighted by Crippen LogP contribution is 2.29. The summed E-state index contributed by atoms with van der Waals surface area (Å²) in [6, 6.07) is 15.3. The normalized spacial score (nSPS) is 11.1. The summed E-state index contributed by atoms with van der Waals surface area (Å²) in [5, 5.41) is 9.34. The first kappa shape index (κ1) is 18.3. The maximum atomic E-state index is 13.2. The molecule has 5 aromatic rings. The number of hydrogen-bond acceptors (Lipinski definition) is 4. The van der Waals surface area contributed by atoms with Gasteiger partial charge in [-0.25, -0.2) is 9.37 Å². The molecule has 0 aliphatic rings. The lowest BCUT2D eigenvalue weighted by Gasteiger charge is -2.09. The maximum absolute atomic E-state index is 13.2. The van der Waals surface area contributed by atoms with Crippen molar-refractivity contribution in [1.29, 1.82) is 0 Å². The summed E-state index contributed by atoms with van der Waals surface area (Å²) >= 11 is 1.55. The number of aryl methyl sites for hydroxylation is 1. The van der Waals surface area contributed by atoms with Gasteiger partial charge in [-0.3, -0.25) is 13.9 Å². The van der Waals surface area contributed by atoms with Crippen LogP contribution in [0.1, 0.15) is 10.5 Å². The molecule has 2 aromatic carbocycles. The summed E-state index contributed by atoms with van der Waals surface area (Å²) in [6.45, 7) is 0. The van der Waals surface area contributed by atoms with Crippen LogP contribution in [0.3, 0.4) is 0 Å². The molecule has 3 aromatic heterocycles. The molecule has 0 bridgehead atoms. The zero-order valence-corrected chi connectivity index (χ0v) is 16.7. The Labute approximate surface area is 175 Å². The van der Waals surface area contributed by atoms with Crippen LogP contribution < -0.4 is 5.32 Å². The van der Waals surface area contributed by atoms with Crippen LogP contribution in [-0.2, 0) is 7.05 Å². The van der Waals surface area contributed by atoms with E-state index in [-0.39, 0.29) is 11.7 Å². The molecular formula is C22H16FN5OS. The number of anilines is 1. The molecule has 0 saturated carbocycles. The molecule has 1 amide bonds. The quantitative estimate of drug-likeness (QED) is 0.454. The lowest BCUT2D eigenvalue weighted by Crippen LogP contribution is -2.16. The van der Waals surface area contributed by atoms with Crippen LogP contribution in [0.15, 0.2) is 72.4 Å². The fraction of sp³-hybridized carbons (Fsp3) is 0.0455. The second kappa shape index (κ2) is 7.23. The minimum atomic E-state index is -0.316. The Bertz CT molecular complexity index is 1340. The minimum absolute atomic E-state index is 0.285. The van der Waals surface area contributed by atoms with Crippen LogP contribution in [0.2, 0.25) is 0 Å². The number of hydrogen-bond donors (Lipinski definition) is 1. The molecule has 8 heteroatoms. The lowest BCUT2D eigenvalue weighted by molar-refractivity contribution is 0.101. The van der Waals surface area contributed by atoms with Crippen LogP contribution in [-0.4, -0.2) is 25.1 Å². The van der Waals surface area contributed by atoms with Gasteiger partial charge in [0.25, 0.3) is 5.91 Å². The van der Waals surface area contributed by atoms with Crippen LogP contribution in [0.4, 0.5) is 10.1 Å². The van der Waals surface area contributed by atoms with Crippen molar-refractivity contribution in [2.24, 2.45) is 7.05 Å². The smallest absolute Gasteiger partial charge is 0.273 e. The molecule has 0 aliphatic heterocycles. The molecule has 0 saturated heterocycles. The Morgan fingerprint density at radius 1 is 1.10 bits per heavy atom. The largest absolute Gasteiger partial charge is 0.320 e. The third-order valence-corrected chi connectivity index (χ3v) is 5.57. The number of carbonyl (C=O) groups is 1. The molecule has 148 valence electrons. The highest BCUT2D eigenvalue weighted by molar-refractivity contribution is 7.15. The first-order chi connectivity index (χ1) is 14.6. The van der Waals surface area contributed by atoms with Gasteiger partial charge in [0.05, 0.1) is 17.1 Å². The van der Waals surface area contributed by atoms with E-state index < -0.39 is 0 Å². The van der Waals surface area contributed by atoms with Gasteiger partial charge in [0.2, 0.25) is 0 Å². The maximum Gasteiger partial charge on any atom is 0.273 e. The third-order valence-electron chi connectivity index (χ3n) is 4.80. The van der Waals surface area contributed by atoms with Crippen molar-refractivity contribution >= 4 is 27.9 Å². The summed E-state index contributed by atoms with van der Waals surface area (Å²) in [5.74, 6) is -0.602. The Morgan fingerprint density at radius 3 is 2.70 bits per heavy atom. The fourth-order valence-corrected chi connectivity index (χ4v) is 4.00. The molecule has 6 nitrogen and oxygen atoms in total. The van der Waals surface area contributed by atoms with Gasteiger partial charge in [-0.05, 0) is 36.4 Å². The molecule has 1 N–H and O–H groups in total. The van der Waals surface area contributed by atoms with E-state index in [2.05, 4.69) is 15.4 Å². The van der Waals surface area contributed by atoms with E-state index in [1.54, 1.807) is 36.6 Å². The third kappa shape index (κ3) is 3.27. The summed E-state index contributed by atoms with van der Waals surface area (Å²) in [6.07, 6.45) is 3.89. The predicted molar refractivity (Wildman–Crippen MR) is 115 cm³/mol. The fourth-order valence-electron chi connectivity index (χ4n) is 3.30. The van der Waals surface area contributed by atoms with Crippen LogP contribution in [0.5, 0.6) is 0 Å². The van der Waals surface area contributed by atoms with Crippen molar-refractivity contribution in [2.45, 2.75) is 0 Å². The van der Waals surface area contributed by atoms with Crippen molar-refractivity contribution in [1.82, 2.24) is 19.2 Å². The summed E-state index contributed by atoms with van der Waals surface area (Å²) in [4.78, 5) is 18.5. The Morgan fingerprint density at radius 2 is 1.90 bits per heavy atom. The van der Waals surface area contributed by atoms with Crippen LogP contribution >= 0.6 is 11.3 Å². The van der Waals surface area contributed by atoms with E-state index in [1.165, 1.54) is 16.8 Å². The first-order valence-corrected chi connectivity index (χ1v) is 10.1. The van der Waals surface area contributed by atoms with Crippen LogP contribution in [0.25, 0.3) is 27.5 Å². The number of para-hydroxylation sites is 1. The second-order valence-electron chi connectivity index (χ2n) is 6.76.